The molecule has 1 atom stereocenters. The summed E-state index contributed by atoms with van der Waals surface area (Å²) in [7, 11) is 3.08. The Morgan fingerprint density at radius 1 is 1.30 bits per heavy atom. The summed E-state index contributed by atoms with van der Waals surface area (Å²) >= 11 is 0. The summed E-state index contributed by atoms with van der Waals surface area (Å²) in [6.07, 6.45) is 9.39. The highest BCUT2D eigenvalue weighted by molar-refractivity contribution is 6.04. The van der Waals surface area contributed by atoms with E-state index in [1.54, 1.807) is 30.4 Å². The zero-order valence-corrected chi connectivity index (χ0v) is 17.5. The van der Waals surface area contributed by atoms with Gasteiger partial charge >= 0.3 is 6.09 Å². The van der Waals surface area contributed by atoms with E-state index in [2.05, 4.69) is 20.2 Å². The predicted octanol–water partition coefficient (Wildman–Crippen LogP) is 3.22. The second kappa shape index (κ2) is 8.25. The first kappa shape index (κ1) is 20.1. The van der Waals surface area contributed by atoms with Gasteiger partial charge in [0.05, 0.1) is 25.2 Å². The molecule has 30 heavy (non-hydrogen) atoms. The lowest BCUT2D eigenvalue weighted by Gasteiger charge is -2.43. The molecule has 2 amide bonds. The number of hydrogen-bond donors (Lipinski definition) is 1. The standard InChI is InChI=1S/C21H26N6O3/c1-4-16-20(28)26(2)17-12-23-18(25-19(17)27(16)13-7-5-6-8-13)14-9-10-22-11-15(14)24-21(29)30-3/h9-13,16H,4-8H2,1-3H3,(H,24,29). The molecule has 9 heteroatoms. The summed E-state index contributed by atoms with van der Waals surface area (Å²) < 4.78 is 4.70. The van der Waals surface area contributed by atoms with Gasteiger partial charge in [-0.05, 0) is 25.3 Å². The number of nitrogens with one attached hydrogen (secondary N) is 1. The molecule has 1 aliphatic carbocycles. The molecular formula is C21H26N6O3. The maximum Gasteiger partial charge on any atom is 0.411 e. The molecule has 1 unspecified atom stereocenters. The highest BCUT2D eigenvalue weighted by Crippen LogP contribution is 2.40. The highest BCUT2D eigenvalue weighted by atomic mass is 16.5. The van der Waals surface area contributed by atoms with E-state index in [1.165, 1.54) is 13.3 Å². The van der Waals surface area contributed by atoms with Crippen molar-refractivity contribution >= 4 is 29.2 Å². The third-order valence-electron chi connectivity index (χ3n) is 5.90. The summed E-state index contributed by atoms with van der Waals surface area (Å²) in [5, 5.41) is 2.66. The van der Waals surface area contributed by atoms with Crippen molar-refractivity contribution in [1.29, 1.82) is 0 Å². The fourth-order valence-corrected chi connectivity index (χ4v) is 4.36. The van der Waals surface area contributed by atoms with Crippen LogP contribution in [0.4, 0.5) is 22.0 Å². The van der Waals surface area contributed by atoms with Crippen LogP contribution in [0.5, 0.6) is 0 Å². The van der Waals surface area contributed by atoms with Crippen LogP contribution in [0.3, 0.4) is 0 Å². The van der Waals surface area contributed by atoms with E-state index < -0.39 is 6.09 Å². The Bertz CT molecular complexity index is 960. The van der Waals surface area contributed by atoms with Crippen molar-refractivity contribution in [2.45, 2.75) is 51.1 Å². The number of carbonyl (C=O) groups excluding carboxylic acids is 2. The van der Waals surface area contributed by atoms with Crippen LogP contribution in [-0.4, -0.2) is 53.2 Å². The van der Waals surface area contributed by atoms with E-state index in [4.69, 9.17) is 9.72 Å². The van der Waals surface area contributed by atoms with Crippen LogP contribution in [0.25, 0.3) is 11.4 Å². The van der Waals surface area contributed by atoms with Gasteiger partial charge in [0, 0.05) is 24.8 Å². The molecule has 0 aromatic carbocycles. The summed E-state index contributed by atoms with van der Waals surface area (Å²) in [5.74, 6) is 1.30. The quantitative estimate of drug-likeness (QED) is 0.826. The molecule has 158 valence electrons. The number of nitrogens with zero attached hydrogens (tertiary/aromatic N) is 5. The van der Waals surface area contributed by atoms with Crippen molar-refractivity contribution in [3.63, 3.8) is 0 Å². The first-order valence-electron chi connectivity index (χ1n) is 10.3. The van der Waals surface area contributed by atoms with E-state index in [-0.39, 0.29) is 11.9 Å². The number of ether oxygens (including phenoxy) is 1. The highest BCUT2D eigenvalue weighted by Gasteiger charge is 2.41. The summed E-state index contributed by atoms with van der Waals surface area (Å²) in [5.41, 5.74) is 1.80. The van der Waals surface area contributed by atoms with Gasteiger partial charge in [-0.3, -0.25) is 15.1 Å². The first-order chi connectivity index (χ1) is 14.5. The number of fused-ring (bicyclic) bond motifs is 1. The Morgan fingerprint density at radius 3 is 2.77 bits per heavy atom. The minimum atomic E-state index is -0.592. The molecule has 2 aromatic rings. The molecule has 9 nitrogen and oxygen atoms in total. The van der Waals surface area contributed by atoms with Crippen LogP contribution in [0, 0.1) is 0 Å². The SMILES string of the molecule is CCC1C(=O)N(C)c2cnc(-c3ccncc3NC(=O)OC)nc2N1C1CCCC1. The average Bonchev–Trinajstić information content (AvgIpc) is 3.30. The number of carbonyl (C=O) groups is 2. The molecule has 4 rings (SSSR count). The molecular weight excluding hydrogens is 384 g/mol. The van der Waals surface area contributed by atoms with E-state index in [9.17, 15) is 9.59 Å². The monoisotopic (exact) mass is 410 g/mol. The Kier molecular flexibility index (Phi) is 5.52. The molecule has 1 N–H and O–H groups in total. The van der Waals surface area contributed by atoms with E-state index in [1.807, 2.05) is 6.92 Å². The van der Waals surface area contributed by atoms with E-state index in [0.717, 1.165) is 31.5 Å². The Balaban J connectivity index is 1.81. The van der Waals surface area contributed by atoms with Gasteiger partial charge in [-0.25, -0.2) is 14.8 Å². The Morgan fingerprint density at radius 2 is 2.07 bits per heavy atom. The zero-order valence-electron chi connectivity index (χ0n) is 17.5. The van der Waals surface area contributed by atoms with Gasteiger partial charge in [0.1, 0.15) is 11.7 Å². The molecule has 1 saturated carbocycles. The Labute approximate surface area is 175 Å². The van der Waals surface area contributed by atoms with Gasteiger partial charge in [0.2, 0.25) is 5.91 Å². The maximum absolute atomic E-state index is 13.0. The van der Waals surface area contributed by atoms with Crippen LogP contribution in [0.1, 0.15) is 39.0 Å². The largest absolute Gasteiger partial charge is 0.453 e. The van der Waals surface area contributed by atoms with Gasteiger partial charge in [-0.1, -0.05) is 19.8 Å². The fraction of sp³-hybridized carbons (Fsp3) is 0.476. The minimum Gasteiger partial charge on any atom is -0.453 e. The number of aromatic nitrogens is 3. The van der Waals surface area contributed by atoms with Crippen molar-refractivity contribution in [2.24, 2.45) is 0 Å². The van der Waals surface area contributed by atoms with Gasteiger partial charge in [0.15, 0.2) is 11.6 Å². The number of pyridine rings is 1. The van der Waals surface area contributed by atoms with Crippen LogP contribution >= 0.6 is 0 Å². The van der Waals surface area contributed by atoms with E-state index >= 15 is 0 Å². The predicted molar refractivity (Wildman–Crippen MR) is 114 cm³/mol. The molecule has 1 fully saturated rings. The second-order valence-electron chi connectivity index (χ2n) is 7.61. The second-order valence-corrected chi connectivity index (χ2v) is 7.61. The van der Waals surface area contributed by atoms with Crippen molar-refractivity contribution < 1.29 is 14.3 Å². The van der Waals surface area contributed by atoms with Crippen molar-refractivity contribution in [1.82, 2.24) is 15.0 Å². The molecule has 1 aliphatic heterocycles. The number of likely N-dealkylation sites (N-methyl/N-ethyl adjacent to an activating group) is 1. The number of methoxy groups -OCH3 is 1. The molecule has 2 aromatic heterocycles. The molecule has 0 saturated heterocycles. The summed E-state index contributed by atoms with van der Waals surface area (Å²) in [6, 6.07) is 1.81. The molecule has 0 bridgehead atoms. The molecule has 2 aliphatic rings. The molecule has 3 heterocycles. The maximum atomic E-state index is 13.0. The molecule has 0 spiro atoms. The number of amides is 2. The fourth-order valence-electron chi connectivity index (χ4n) is 4.36. The third-order valence-corrected chi connectivity index (χ3v) is 5.90. The Hall–Kier alpha value is -3.23. The van der Waals surface area contributed by atoms with Crippen LogP contribution in [0.15, 0.2) is 24.7 Å². The van der Waals surface area contributed by atoms with Crippen LogP contribution < -0.4 is 15.1 Å². The summed E-state index contributed by atoms with van der Waals surface area (Å²) in [6.45, 7) is 2.03. The van der Waals surface area contributed by atoms with Crippen LogP contribution in [-0.2, 0) is 9.53 Å². The number of rotatable bonds is 4. The number of anilines is 3. The lowest BCUT2D eigenvalue weighted by molar-refractivity contribution is -0.120. The zero-order chi connectivity index (χ0) is 21.3. The molecule has 0 radical (unpaired) electrons. The minimum absolute atomic E-state index is 0.0743. The normalized spacial score (nSPS) is 19.0. The smallest absolute Gasteiger partial charge is 0.411 e. The average molecular weight is 410 g/mol. The lowest BCUT2D eigenvalue weighted by atomic mass is 10.0. The van der Waals surface area contributed by atoms with Crippen LogP contribution in [0.2, 0.25) is 0 Å². The lowest BCUT2D eigenvalue weighted by Crippen LogP contribution is -2.55. The third kappa shape index (κ3) is 3.44. The van der Waals surface area contributed by atoms with Gasteiger partial charge < -0.3 is 14.5 Å². The summed E-state index contributed by atoms with van der Waals surface area (Å²) in [4.78, 5) is 42.1. The van der Waals surface area contributed by atoms with Crippen molar-refractivity contribution in [3.8, 4) is 11.4 Å². The van der Waals surface area contributed by atoms with Crippen molar-refractivity contribution in [3.05, 3.63) is 24.7 Å². The van der Waals surface area contributed by atoms with Gasteiger partial charge in [-0.2, -0.15) is 0 Å². The topological polar surface area (TPSA) is 101 Å². The van der Waals surface area contributed by atoms with E-state index in [0.29, 0.717) is 35.2 Å². The number of hydrogen-bond acceptors (Lipinski definition) is 7. The van der Waals surface area contributed by atoms with Crippen molar-refractivity contribution in [2.75, 3.05) is 29.3 Å². The van der Waals surface area contributed by atoms with Gasteiger partial charge in [-0.15, -0.1) is 0 Å². The first-order valence-corrected chi connectivity index (χ1v) is 10.3. The van der Waals surface area contributed by atoms with Gasteiger partial charge in [0.25, 0.3) is 0 Å².